The van der Waals surface area contributed by atoms with E-state index in [1.807, 2.05) is 30.3 Å². The average molecular weight is 228 g/mol. The lowest BCUT2D eigenvalue weighted by Crippen LogP contribution is -2.31. The Bertz CT molecular complexity index is 448. The van der Waals surface area contributed by atoms with Crippen molar-refractivity contribution >= 4 is 5.91 Å². The van der Waals surface area contributed by atoms with E-state index in [9.17, 15) is 4.79 Å². The van der Waals surface area contributed by atoms with E-state index in [2.05, 4.69) is 18.8 Å². The van der Waals surface area contributed by atoms with Crippen LogP contribution in [0.1, 0.15) is 12.5 Å². The summed E-state index contributed by atoms with van der Waals surface area (Å²) in [4.78, 5) is 13.5. The summed E-state index contributed by atoms with van der Waals surface area (Å²) in [6.45, 7) is 3.38. The van der Waals surface area contributed by atoms with Crippen LogP contribution < -0.4 is 5.73 Å². The van der Waals surface area contributed by atoms with Crippen LogP contribution in [0.4, 0.5) is 0 Å². The molecule has 2 unspecified atom stereocenters. The summed E-state index contributed by atoms with van der Waals surface area (Å²) in [6, 6.07) is 9.59. The molecule has 0 bridgehead atoms. The minimum absolute atomic E-state index is 0.0810. The largest absolute Gasteiger partial charge is 0.330 e. The molecule has 1 saturated heterocycles. The molecule has 0 radical (unpaired) electrons. The van der Waals surface area contributed by atoms with Gasteiger partial charge in [0.1, 0.15) is 0 Å². The predicted molar refractivity (Wildman–Crippen MR) is 67.0 cm³/mol. The number of nitrogens with two attached hydrogens (primary N) is 1. The molecule has 1 aromatic carbocycles. The zero-order valence-corrected chi connectivity index (χ0v) is 9.89. The van der Waals surface area contributed by atoms with E-state index in [-0.39, 0.29) is 11.9 Å². The van der Waals surface area contributed by atoms with Crippen LogP contribution in [-0.4, -0.2) is 29.9 Å². The van der Waals surface area contributed by atoms with Gasteiger partial charge in [0.05, 0.1) is 0 Å². The third-order valence-corrected chi connectivity index (χ3v) is 3.05. The van der Waals surface area contributed by atoms with Crippen molar-refractivity contribution in [2.45, 2.75) is 13.0 Å². The van der Waals surface area contributed by atoms with Crippen LogP contribution in [0.3, 0.4) is 0 Å². The Balaban J connectivity index is 2.01. The van der Waals surface area contributed by atoms with Crippen LogP contribution in [0.15, 0.2) is 30.3 Å². The molecule has 0 aromatic heterocycles. The smallest absolute Gasteiger partial charge is 0.298 e. The highest BCUT2D eigenvalue weighted by Gasteiger charge is 2.28. The van der Waals surface area contributed by atoms with Gasteiger partial charge < -0.3 is 10.6 Å². The summed E-state index contributed by atoms with van der Waals surface area (Å²) in [5, 5.41) is 0. The number of hydrogen-bond acceptors (Lipinski definition) is 2. The van der Waals surface area contributed by atoms with Crippen LogP contribution in [0, 0.1) is 17.8 Å². The van der Waals surface area contributed by atoms with Gasteiger partial charge in [0.15, 0.2) is 0 Å². The monoisotopic (exact) mass is 228 g/mol. The van der Waals surface area contributed by atoms with Crippen LogP contribution in [0.25, 0.3) is 0 Å². The first-order valence-electron chi connectivity index (χ1n) is 5.78. The molecular weight excluding hydrogens is 212 g/mol. The predicted octanol–water partition coefficient (Wildman–Crippen LogP) is 0.844. The second-order valence-electron chi connectivity index (χ2n) is 4.47. The van der Waals surface area contributed by atoms with Crippen molar-refractivity contribution in [3.63, 3.8) is 0 Å². The van der Waals surface area contributed by atoms with E-state index >= 15 is 0 Å². The van der Waals surface area contributed by atoms with E-state index in [1.54, 1.807) is 4.90 Å². The molecule has 17 heavy (non-hydrogen) atoms. The first-order valence-corrected chi connectivity index (χ1v) is 5.78. The molecule has 0 spiro atoms. The summed E-state index contributed by atoms with van der Waals surface area (Å²) in [7, 11) is 0. The van der Waals surface area contributed by atoms with E-state index in [0.29, 0.717) is 19.0 Å². The number of benzene rings is 1. The maximum atomic E-state index is 11.8. The lowest BCUT2D eigenvalue weighted by Gasteiger charge is -2.10. The van der Waals surface area contributed by atoms with Gasteiger partial charge in [-0.2, -0.15) is 0 Å². The quantitative estimate of drug-likeness (QED) is 0.669. The fourth-order valence-electron chi connectivity index (χ4n) is 1.88. The van der Waals surface area contributed by atoms with Gasteiger partial charge in [0.2, 0.25) is 0 Å². The van der Waals surface area contributed by atoms with Crippen molar-refractivity contribution in [1.29, 1.82) is 0 Å². The zero-order valence-electron chi connectivity index (χ0n) is 9.89. The van der Waals surface area contributed by atoms with Crippen molar-refractivity contribution in [3.05, 3.63) is 35.9 Å². The van der Waals surface area contributed by atoms with E-state index < -0.39 is 0 Å². The molecule has 0 aliphatic carbocycles. The van der Waals surface area contributed by atoms with E-state index in [1.165, 1.54) is 0 Å². The first kappa shape index (κ1) is 11.7. The van der Waals surface area contributed by atoms with Gasteiger partial charge in [-0.3, -0.25) is 4.79 Å². The molecule has 1 fully saturated rings. The summed E-state index contributed by atoms with van der Waals surface area (Å²) in [5.74, 6) is 5.76. The summed E-state index contributed by atoms with van der Waals surface area (Å²) in [6.07, 6.45) is 0. The Morgan fingerprint density at radius 1 is 1.35 bits per heavy atom. The number of rotatable bonds is 0. The van der Waals surface area contributed by atoms with Gasteiger partial charge in [0.25, 0.3) is 5.91 Å². The van der Waals surface area contributed by atoms with Crippen molar-refractivity contribution in [2.75, 3.05) is 13.1 Å². The van der Waals surface area contributed by atoms with E-state index in [0.717, 1.165) is 5.56 Å². The average Bonchev–Trinajstić information content (AvgIpc) is 2.68. The molecule has 3 nitrogen and oxygen atoms in total. The highest BCUT2D eigenvalue weighted by molar-refractivity contribution is 5.94. The minimum atomic E-state index is -0.131. The molecular formula is C14H16N2O. The Kier molecular flexibility index (Phi) is 3.46. The van der Waals surface area contributed by atoms with Crippen LogP contribution in [-0.2, 0) is 4.79 Å². The number of carbonyl (C=O) groups is 1. The Labute approximate surface area is 102 Å². The summed E-state index contributed by atoms with van der Waals surface area (Å²) < 4.78 is 0. The molecule has 2 N–H and O–H groups in total. The highest BCUT2D eigenvalue weighted by atomic mass is 16.2. The van der Waals surface area contributed by atoms with Gasteiger partial charge in [-0.05, 0) is 18.1 Å². The third-order valence-electron chi connectivity index (χ3n) is 3.05. The number of hydrogen-bond donors (Lipinski definition) is 1. The second kappa shape index (κ2) is 5.03. The lowest BCUT2D eigenvalue weighted by molar-refractivity contribution is -0.124. The molecule has 2 rings (SSSR count). The number of carbonyl (C=O) groups excluding carboxylic acids is 1. The highest BCUT2D eigenvalue weighted by Crippen LogP contribution is 2.13. The van der Waals surface area contributed by atoms with Gasteiger partial charge in [-0.25, -0.2) is 0 Å². The molecule has 1 aliphatic rings. The maximum absolute atomic E-state index is 11.8. The molecule has 88 valence electrons. The van der Waals surface area contributed by atoms with Crippen LogP contribution in [0.5, 0.6) is 0 Å². The number of amides is 1. The second-order valence-corrected chi connectivity index (χ2v) is 4.47. The molecule has 1 heterocycles. The topological polar surface area (TPSA) is 46.3 Å². The fourth-order valence-corrected chi connectivity index (χ4v) is 1.88. The van der Waals surface area contributed by atoms with Crippen LogP contribution >= 0.6 is 0 Å². The standard InChI is InChI=1S/C14H16N2O/c1-11-9-16(10-13(11)15)14(17)8-7-12-5-3-2-4-6-12/h2-6,11,13H,9-10,15H2,1H3. The van der Waals surface area contributed by atoms with Crippen molar-refractivity contribution in [2.24, 2.45) is 11.7 Å². The molecule has 1 aromatic rings. The van der Waals surface area contributed by atoms with Crippen molar-refractivity contribution < 1.29 is 4.79 Å². The molecule has 3 heteroatoms. The van der Waals surface area contributed by atoms with Gasteiger partial charge in [-0.15, -0.1) is 0 Å². The molecule has 1 aliphatic heterocycles. The first-order chi connectivity index (χ1) is 8.16. The molecule has 2 atom stereocenters. The fraction of sp³-hybridized carbons (Fsp3) is 0.357. The molecule has 1 amide bonds. The Morgan fingerprint density at radius 3 is 2.65 bits per heavy atom. The SMILES string of the molecule is CC1CN(C(=O)C#Cc2ccccc2)CC1N. The molecule has 0 saturated carbocycles. The minimum Gasteiger partial charge on any atom is -0.330 e. The number of likely N-dealkylation sites (tertiary alicyclic amines) is 1. The third kappa shape index (κ3) is 2.86. The van der Waals surface area contributed by atoms with Gasteiger partial charge in [-0.1, -0.05) is 31.0 Å². The van der Waals surface area contributed by atoms with Crippen molar-refractivity contribution in [1.82, 2.24) is 4.90 Å². The zero-order chi connectivity index (χ0) is 12.3. The lowest BCUT2D eigenvalue weighted by atomic mass is 10.1. The Hall–Kier alpha value is -1.79. The Morgan fingerprint density at radius 2 is 2.06 bits per heavy atom. The van der Waals surface area contributed by atoms with Gasteiger partial charge >= 0.3 is 0 Å². The normalized spacial score (nSPS) is 23.1. The summed E-state index contributed by atoms with van der Waals surface area (Å²) in [5.41, 5.74) is 6.73. The van der Waals surface area contributed by atoms with Crippen molar-refractivity contribution in [3.8, 4) is 11.8 Å². The van der Waals surface area contributed by atoms with Crippen LogP contribution in [0.2, 0.25) is 0 Å². The van der Waals surface area contributed by atoms with Gasteiger partial charge in [0, 0.05) is 30.6 Å². The van der Waals surface area contributed by atoms with E-state index in [4.69, 9.17) is 5.73 Å². The number of nitrogens with zero attached hydrogens (tertiary/aromatic N) is 1. The summed E-state index contributed by atoms with van der Waals surface area (Å²) >= 11 is 0. The maximum Gasteiger partial charge on any atom is 0.298 e.